The molecule has 0 aliphatic rings. The zero-order chi connectivity index (χ0) is 13.4. The van der Waals surface area contributed by atoms with Gasteiger partial charge in [-0.25, -0.2) is 4.98 Å². The average Bonchev–Trinajstić information content (AvgIpc) is 2.74. The fourth-order valence-electron chi connectivity index (χ4n) is 1.36. The summed E-state index contributed by atoms with van der Waals surface area (Å²) in [5, 5.41) is 2.55. The van der Waals surface area contributed by atoms with E-state index in [4.69, 9.17) is 4.74 Å². The Kier molecular flexibility index (Phi) is 6.28. The minimum Gasteiger partial charge on any atom is -0.466 e. The maximum Gasteiger partial charge on any atom is 0.311 e. The summed E-state index contributed by atoms with van der Waals surface area (Å²) < 4.78 is 4.84. The molecule has 5 heteroatoms. The van der Waals surface area contributed by atoms with Crippen LogP contribution in [0.15, 0.2) is 17.5 Å². The third-order valence-electron chi connectivity index (χ3n) is 2.16. The van der Waals surface area contributed by atoms with Crippen molar-refractivity contribution in [3.8, 4) is 0 Å². The van der Waals surface area contributed by atoms with Crippen molar-refractivity contribution in [1.82, 2.24) is 4.98 Å². The van der Waals surface area contributed by atoms with Gasteiger partial charge in [-0.15, -0.1) is 11.3 Å². The van der Waals surface area contributed by atoms with Crippen molar-refractivity contribution in [2.24, 2.45) is 0 Å². The third-order valence-corrected chi connectivity index (χ3v) is 3.06. The van der Waals surface area contributed by atoms with E-state index in [0.717, 1.165) is 5.01 Å². The van der Waals surface area contributed by atoms with Gasteiger partial charge in [0.15, 0.2) is 0 Å². The second kappa shape index (κ2) is 7.76. The van der Waals surface area contributed by atoms with Crippen LogP contribution in [0.4, 0.5) is 0 Å². The SMILES string of the molecule is C/C=C/CC(=O)Cc1nc(CC(=O)OCC)cs1. The predicted molar refractivity (Wildman–Crippen MR) is 70.6 cm³/mol. The van der Waals surface area contributed by atoms with Crippen LogP contribution in [-0.4, -0.2) is 23.3 Å². The highest BCUT2D eigenvalue weighted by Crippen LogP contribution is 2.12. The minimum absolute atomic E-state index is 0.130. The number of hydrogen-bond acceptors (Lipinski definition) is 5. The molecule has 0 aromatic carbocycles. The number of Topliss-reactive ketones (excluding diaryl/α,β-unsaturated/α-hetero) is 1. The van der Waals surface area contributed by atoms with Crippen LogP contribution in [0.25, 0.3) is 0 Å². The maximum absolute atomic E-state index is 11.5. The number of hydrogen-bond donors (Lipinski definition) is 0. The molecular weight excluding hydrogens is 250 g/mol. The van der Waals surface area contributed by atoms with Crippen molar-refractivity contribution < 1.29 is 14.3 Å². The number of carbonyl (C=O) groups is 2. The predicted octanol–water partition coefficient (Wildman–Crippen LogP) is 2.33. The highest BCUT2D eigenvalue weighted by molar-refractivity contribution is 7.09. The van der Waals surface area contributed by atoms with E-state index in [1.54, 1.807) is 12.3 Å². The summed E-state index contributed by atoms with van der Waals surface area (Å²) in [5.74, 6) is -0.153. The number of aromatic nitrogens is 1. The summed E-state index contributed by atoms with van der Waals surface area (Å²) in [5.41, 5.74) is 0.673. The van der Waals surface area contributed by atoms with Gasteiger partial charge in [-0.3, -0.25) is 9.59 Å². The minimum atomic E-state index is -0.283. The lowest BCUT2D eigenvalue weighted by atomic mass is 10.2. The number of ether oxygens (including phenoxy) is 1. The molecule has 0 aliphatic heterocycles. The van der Waals surface area contributed by atoms with Gasteiger partial charge in [0.05, 0.1) is 25.1 Å². The monoisotopic (exact) mass is 267 g/mol. The lowest BCUT2D eigenvalue weighted by Crippen LogP contribution is -2.08. The largest absolute Gasteiger partial charge is 0.466 e. The molecular formula is C13H17NO3S. The molecule has 0 atom stereocenters. The van der Waals surface area contributed by atoms with Gasteiger partial charge >= 0.3 is 5.97 Å². The molecule has 1 rings (SSSR count). The smallest absolute Gasteiger partial charge is 0.311 e. The number of thiazole rings is 1. The molecule has 0 bridgehead atoms. The van der Waals surface area contributed by atoms with Crippen molar-refractivity contribution >= 4 is 23.1 Å². The van der Waals surface area contributed by atoms with Crippen LogP contribution in [0.2, 0.25) is 0 Å². The van der Waals surface area contributed by atoms with Gasteiger partial charge < -0.3 is 4.74 Å². The van der Waals surface area contributed by atoms with Crippen LogP contribution in [0.3, 0.4) is 0 Å². The molecule has 0 saturated carbocycles. The first-order valence-electron chi connectivity index (χ1n) is 5.87. The summed E-state index contributed by atoms with van der Waals surface area (Å²) in [4.78, 5) is 27.0. The second-order valence-corrected chi connectivity index (χ2v) is 4.65. The molecule has 0 radical (unpaired) electrons. The van der Waals surface area contributed by atoms with Crippen molar-refractivity contribution in [1.29, 1.82) is 0 Å². The number of nitrogens with zero attached hydrogens (tertiary/aromatic N) is 1. The van der Waals surface area contributed by atoms with Gasteiger partial charge in [0.2, 0.25) is 0 Å². The van der Waals surface area contributed by atoms with Crippen LogP contribution >= 0.6 is 11.3 Å². The Morgan fingerprint density at radius 1 is 1.44 bits per heavy atom. The first-order valence-corrected chi connectivity index (χ1v) is 6.75. The van der Waals surface area contributed by atoms with Crippen LogP contribution < -0.4 is 0 Å². The van der Waals surface area contributed by atoms with Gasteiger partial charge in [0.25, 0.3) is 0 Å². The molecule has 0 unspecified atom stereocenters. The number of ketones is 1. The van der Waals surface area contributed by atoms with E-state index in [1.807, 2.05) is 19.1 Å². The van der Waals surface area contributed by atoms with Crippen molar-refractivity contribution in [2.75, 3.05) is 6.61 Å². The highest BCUT2D eigenvalue weighted by Gasteiger charge is 2.10. The Balaban J connectivity index is 2.47. The summed E-state index contributed by atoms with van der Waals surface area (Å²) in [6.45, 7) is 4.02. The van der Waals surface area contributed by atoms with Gasteiger partial charge in [-0.05, 0) is 13.8 Å². The lowest BCUT2D eigenvalue weighted by molar-refractivity contribution is -0.142. The Bertz CT molecular complexity index is 437. The molecule has 0 spiro atoms. The van der Waals surface area contributed by atoms with Crippen LogP contribution in [0.1, 0.15) is 31.0 Å². The number of carbonyl (C=O) groups excluding carboxylic acids is 2. The summed E-state index contributed by atoms with van der Waals surface area (Å²) in [6, 6.07) is 0. The Hall–Kier alpha value is -1.49. The van der Waals surface area contributed by atoms with Crippen molar-refractivity contribution in [3.05, 3.63) is 28.2 Å². The van der Waals surface area contributed by atoms with E-state index in [1.165, 1.54) is 11.3 Å². The standard InChI is InChI=1S/C13H17NO3S/c1-3-5-6-11(15)8-12-14-10(9-18-12)7-13(16)17-4-2/h3,5,9H,4,6-8H2,1-2H3/b5-3+. The first kappa shape index (κ1) is 14.6. The molecule has 98 valence electrons. The molecule has 18 heavy (non-hydrogen) atoms. The summed E-state index contributed by atoms with van der Waals surface area (Å²) in [7, 11) is 0. The average molecular weight is 267 g/mol. The lowest BCUT2D eigenvalue weighted by Gasteiger charge is -1.98. The van der Waals surface area contributed by atoms with Gasteiger partial charge in [0.1, 0.15) is 10.8 Å². The molecule has 0 fully saturated rings. The van der Waals surface area contributed by atoms with E-state index in [2.05, 4.69) is 4.98 Å². The van der Waals surface area contributed by atoms with E-state index in [-0.39, 0.29) is 18.2 Å². The van der Waals surface area contributed by atoms with E-state index in [0.29, 0.717) is 25.1 Å². The highest BCUT2D eigenvalue weighted by atomic mass is 32.1. The molecule has 1 aromatic rings. The summed E-state index contributed by atoms with van der Waals surface area (Å²) >= 11 is 1.41. The van der Waals surface area contributed by atoms with E-state index < -0.39 is 0 Å². The second-order valence-electron chi connectivity index (χ2n) is 3.70. The number of rotatable bonds is 7. The van der Waals surface area contributed by atoms with Crippen molar-refractivity contribution in [2.45, 2.75) is 33.1 Å². The van der Waals surface area contributed by atoms with Crippen LogP contribution in [0.5, 0.6) is 0 Å². The van der Waals surface area contributed by atoms with Gasteiger partial charge in [0, 0.05) is 11.8 Å². The molecule has 0 amide bonds. The van der Waals surface area contributed by atoms with E-state index in [9.17, 15) is 9.59 Å². The quantitative estimate of drug-likeness (QED) is 0.562. The fourth-order valence-corrected chi connectivity index (χ4v) is 2.18. The molecule has 0 aliphatic carbocycles. The van der Waals surface area contributed by atoms with Crippen molar-refractivity contribution in [3.63, 3.8) is 0 Å². The Morgan fingerprint density at radius 3 is 2.89 bits per heavy atom. The molecule has 0 saturated heterocycles. The first-order chi connectivity index (χ1) is 8.65. The fraction of sp³-hybridized carbons (Fsp3) is 0.462. The van der Waals surface area contributed by atoms with Crippen LogP contribution in [-0.2, 0) is 27.2 Å². The molecule has 4 nitrogen and oxygen atoms in total. The van der Waals surface area contributed by atoms with Crippen LogP contribution in [0, 0.1) is 0 Å². The zero-order valence-corrected chi connectivity index (χ0v) is 11.5. The molecule has 0 N–H and O–H groups in total. The molecule has 1 aromatic heterocycles. The number of esters is 1. The normalized spacial score (nSPS) is 10.8. The maximum atomic E-state index is 11.5. The Morgan fingerprint density at radius 2 is 2.22 bits per heavy atom. The van der Waals surface area contributed by atoms with E-state index >= 15 is 0 Å². The topological polar surface area (TPSA) is 56.3 Å². The third kappa shape index (κ3) is 5.23. The Labute approximate surface area is 111 Å². The number of allylic oxidation sites excluding steroid dienone is 2. The van der Waals surface area contributed by atoms with Gasteiger partial charge in [-0.1, -0.05) is 12.2 Å². The zero-order valence-electron chi connectivity index (χ0n) is 10.6. The molecule has 1 heterocycles. The summed E-state index contributed by atoms with van der Waals surface area (Å²) in [6.07, 6.45) is 4.62. The van der Waals surface area contributed by atoms with Gasteiger partial charge in [-0.2, -0.15) is 0 Å².